The zero-order valence-electron chi connectivity index (χ0n) is 21.7. The Labute approximate surface area is 243 Å². The van der Waals surface area contributed by atoms with Gasteiger partial charge in [-0.3, -0.25) is 14.0 Å². The normalized spacial score (nSPS) is 11.9. The maximum atomic E-state index is 13.2. The van der Waals surface area contributed by atoms with E-state index in [0.717, 1.165) is 24.1 Å². The molecule has 1 atom stereocenters. The number of benzene rings is 1. The Kier molecular flexibility index (Phi) is 11.4. The van der Waals surface area contributed by atoms with Gasteiger partial charge < -0.3 is 16.0 Å². The number of aryl methyl sites for hydroxylation is 3. The molecule has 10 heteroatoms. The van der Waals surface area contributed by atoms with Crippen molar-refractivity contribution >= 4 is 17.0 Å². The molecule has 0 saturated carbocycles. The molecule has 34 heavy (non-hydrogen) atoms. The molecular formula is C24H33KN4O5. The van der Waals surface area contributed by atoms with Gasteiger partial charge in [0.2, 0.25) is 0 Å². The minimum atomic E-state index is -0.977. The van der Waals surface area contributed by atoms with Gasteiger partial charge in [0, 0.05) is 26.5 Å². The summed E-state index contributed by atoms with van der Waals surface area (Å²) < 4.78 is 14.4. The number of hydrogen-bond donors (Lipinski definition) is 1. The van der Waals surface area contributed by atoms with Crippen LogP contribution in [0.5, 0.6) is 5.75 Å². The summed E-state index contributed by atoms with van der Waals surface area (Å²) in [5.41, 5.74) is 2.81. The predicted octanol–water partition coefficient (Wildman–Crippen LogP) is -0.127. The van der Waals surface area contributed by atoms with Gasteiger partial charge in [-0.2, -0.15) is 5.10 Å². The first kappa shape index (κ1) is 28.7. The summed E-state index contributed by atoms with van der Waals surface area (Å²) in [6, 6.07) is 7.24. The molecule has 0 aliphatic rings. The molecule has 1 aromatic carbocycles. The summed E-state index contributed by atoms with van der Waals surface area (Å²) in [5.74, 6) is 0.385. The van der Waals surface area contributed by atoms with Crippen LogP contribution >= 0.6 is 0 Å². The summed E-state index contributed by atoms with van der Waals surface area (Å²) in [7, 11) is 1.78. The van der Waals surface area contributed by atoms with E-state index in [1.807, 2.05) is 19.1 Å². The van der Waals surface area contributed by atoms with E-state index >= 15 is 0 Å². The fraction of sp³-hybridized carbons (Fsp3) is 0.500. The Morgan fingerprint density at radius 1 is 1.21 bits per heavy atom. The van der Waals surface area contributed by atoms with Gasteiger partial charge in [0.25, 0.3) is 5.56 Å². The quantitative estimate of drug-likeness (QED) is 0.348. The van der Waals surface area contributed by atoms with Gasteiger partial charge in [0.05, 0.1) is 12.2 Å². The van der Waals surface area contributed by atoms with Gasteiger partial charge in [-0.1, -0.05) is 32.4 Å². The molecule has 2 aromatic heterocycles. The molecule has 0 saturated heterocycles. The molecule has 180 valence electrons. The number of rotatable bonds is 12. The van der Waals surface area contributed by atoms with E-state index in [1.54, 1.807) is 35.4 Å². The summed E-state index contributed by atoms with van der Waals surface area (Å²) in [6.45, 7) is 6.84. The molecule has 2 heterocycles. The second-order valence-electron chi connectivity index (χ2n) is 7.83. The van der Waals surface area contributed by atoms with Gasteiger partial charge in [-0.25, -0.2) is 9.78 Å². The number of fused-ring (bicyclic) bond motifs is 1. The molecule has 3 aromatic rings. The smallest absolute Gasteiger partial charge is 1.00 e. The molecule has 3 rings (SSSR count). The molecule has 0 amide bonds. The van der Waals surface area contributed by atoms with Crippen LogP contribution in [0.15, 0.2) is 29.1 Å². The van der Waals surface area contributed by atoms with Crippen molar-refractivity contribution in [2.24, 2.45) is 7.05 Å². The van der Waals surface area contributed by atoms with Crippen LogP contribution in [0.2, 0.25) is 0 Å². The van der Waals surface area contributed by atoms with Crippen molar-refractivity contribution in [1.82, 2.24) is 19.3 Å². The molecule has 0 radical (unpaired) electrons. The van der Waals surface area contributed by atoms with E-state index in [1.165, 1.54) is 0 Å². The van der Waals surface area contributed by atoms with Crippen molar-refractivity contribution in [2.75, 3.05) is 13.2 Å². The van der Waals surface area contributed by atoms with Crippen LogP contribution in [0.4, 0.5) is 0 Å². The molecular weight excluding hydrogens is 463 g/mol. The van der Waals surface area contributed by atoms with E-state index in [2.05, 4.69) is 12.0 Å². The van der Waals surface area contributed by atoms with Crippen LogP contribution in [0.3, 0.4) is 0 Å². The number of hydrogen-bond acceptors (Lipinski definition) is 6. The minimum Gasteiger partial charge on any atom is -1.00 e. The van der Waals surface area contributed by atoms with Crippen molar-refractivity contribution < 1.29 is 72.2 Å². The summed E-state index contributed by atoms with van der Waals surface area (Å²) in [6.07, 6.45) is 1.77. The Hall–Kier alpha value is -1.56. The molecule has 1 unspecified atom stereocenters. The number of aliphatic carboxylic acids is 1. The van der Waals surface area contributed by atoms with Crippen molar-refractivity contribution in [3.63, 3.8) is 0 Å². The van der Waals surface area contributed by atoms with Crippen LogP contribution < -0.4 is 61.7 Å². The SMILES string of the molecule is CCCc1nn(C)c2c(=O)n(CCOc3ccc(CC(OCC)C(=O)O)cc3)c(CC)nc12.[H-].[K+]. The third kappa shape index (κ3) is 6.77. The molecule has 0 bridgehead atoms. The molecule has 0 aliphatic heterocycles. The van der Waals surface area contributed by atoms with Crippen molar-refractivity contribution in [2.45, 2.75) is 59.1 Å². The number of nitrogens with zero attached hydrogens (tertiary/aromatic N) is 4. The second-order valence-corrected chi connectivity index (χ2v) is 7.83. The standard InChI is InChI=1S/C24H32N4O5.K.H/c1-5-8-18-21-22(27(4)26-18)23(29)28(20(6-2)25-21)13-14-33-17-11-9-16(10-12-17)15-19(24(30)31)32-7-3;;/h9-12,19H,5-8,13-15H2,1-4H3,(H,30,31);;/q;+1;-1. The number of aromatic nitrogens is 4. The third-order valence-corrected chi connectivity index (χ3v) is 5.47. The Bertz CT molecular complexity index is 1160. The fourth-order valence-electron chi connectivity index (χ4n) is 3.88. The Morgan fingerprint density at radius 2 is 1.91 bits per heavy atom. The molecule has 0 spiro atoms. The maximum absolute atomic E-state index is 13.2. The largest absolute Gasteiger partial charge is 1.00 e. The number of ether oxygens (including phenoxy) is 2. The van der Waals surface area contributed by atoms with Crippen molar-refractivity contribution in [3.8, 4) is 5.75 Å². The monoisotopic (exact) mass is 496 g/mol. The number of carbonyl (C=O) groups is 1. The van der Waals surface area contributed by atoms with Crippen molar-refractivity contribution in [1.29, 1.82) is 0 Å². The number of carboxylic acids is 1. The van der Waals surface area contributed by atoms with Crippen LogP contribution in [-0.4, -0.2) is 49.7 Å². The van der Waals surface area contributed by atoms with E-state index in [-0.39, 0.29) is 64.8 Å². The fourth-order valence-corrected chi connectivity index (χ4v) is 3.88. The Morgan fingerprint density at radius 3 is 2.50 bits per heavy atom. The Balaban J connectivity index is 0.00000306. The van der Waals surface area contributed by atoms with Crippen LogP contribution in [0.25, 0.3) is 11.0 Å². The first-order valence-corrected chi connectivity index (χ1v) is 11.4. The summed E-state index contributed by atoms with van der Waals surface area (Å²) in [4.78, 5) is 29.2. The van der Waals surface area contributed by atoms with Crippen LogP contribution in [0, 0.1) is 0 Å². The van der Waals surface area contributed by atoms with Crippen LogP contribution in [-0.2, 0) is 42.4 Å². The molecule has 0 aliphatic carbocycles. The predicted molar refractivity (Wildman–Crippen MR) is 126 cm³/mol. The first-order valence-electron chi connectivity index (χ1n) is 11.4. The van der Waals surface area contributed by atoms with Gasteiger partial charge in [-0.05, 0) is 31.0 Å². The molecule has 1 N–H and O–H groups in total. The average Bonchev–Trinajstić information content (AvgIpc) is 3.11. The van der Waals surface area contributed by atoms with Crippen molar-refractivity contribution in [3.05, 3.63) is 51.7 Å². The van der Waals surface area contributed by atoms with Gasteiger partial charge >= 0.3 is 57.4 Å². The second kappa shape index (κ2) is 13.5. The zero-order chi connectivity index (χ0) is 24.0. The van der Waals surface area contributed by atoms with Gasteiger partial charge in [0.15, 0.2) is 11.6 Å². The maximum Gasteiger partial charge on any atom is 1.00 e. The minimum absolute atomic E-state index is 0. The number of carboxylic acid groups (broad SMARTS) is 1. The van der Waals surface area contributed by atoms with E-state index < -0.39 is 12.1 Å². The topological polar surface area (TPSA) is 108 Å². The summed E-state index contributed by atoms with van der Waals surface area (Å²) >= 11 is 0. The summed E-state index contributed by atoms with van der Waals surface area (Å²) in [5, 5.41) is 13.7. The van der Waals surface area contributed by atoms with E-state index in [9.17, 15) is 14.7 Å². The van der Waals surface area contributed by atoms with Gasteiger partial charge in [0.1, 0.15) is 23.7 Å². The van der Waals surface area contributed by atoms with E-state index in [4.69, 9.17) is 14.5 Å². The molecule has 0 fully saturated rings. The third-order valence-electron chi connectivity index (χ3n) is 5.47. The van der Waals surface area contributed by atoms with E-state index in [0.29, 0.717) is 48.8 Å². The first-order chi connectivity index (χ1) is 15.9. The van der Waals surface area contributed by atoms with Crippen LogP contribution in [0.1, 0.15) is 45.7 Å². The van der Waals surface area contributed by atoms with Gasteiger partial charge in [-0.15, -0.1) is 0 Å². The average molecular weight is 497 g/mol. The molecule has 9 nitrogen and oxygen atoms in total. The zero-order valence-corrected chi connectivity index (χ0v) is 23.8.